The quantitative estimate of drug-likeness (QED) is 0.216. The molecule has 0 fully saturated rings. The number of hydrogen-bond acceptors (Lipinski definition) is 4. The topological polar surface area (TPSA) is 54.9 Å². The molecule has 0 heterocycles. The van der Waals surface area contributed by atoms with Gasteiger partial charge in [-0.1, -0.05) is 12.1 Å². The van der Waals surface area contributed by atoms with Gasteiger partial charge in [-0.25, -0.2) is 0 Å². The molecular formula is C18H30BrN3O2S. The maximum Gasteiger partial charge on any atom is 0.190 e. The van der Waals surface area contributed by atoms with Crippen molar-refractivity contribution in [2.75, 3.05) is 52.8 Å². The Morgan fingerprint density at radius 1 is 1.08 bits per heavy atom. The largest absolute Gasteiger partial charge is 0.382 e. The molecule has 0 radical (unpaired) electrons. The van der Waals surface area contributed by atoms with Crippen LogP contribution in [0.25, 0.3) is 0 Å². The molecule has 0 spiro atoms. The van der Waals surface area contributed by atoms with Crippen molar-refractivity contribution < 1.29 is 9.47 Å². The molecule has 25 heavy (non-hydrogen) atoms. The standard InChI is InChI=1S/C18H30BrN3O2S/c1-20-18(22-11-7-12-24-14-13-23-2)21-10-5-6-15-25-17-9-4-3-8-16(17)19/h3-4,8-9H,5-7,10-15H2,1-2H3,(H2,20,21,22). The molecule has 0 atom stereocenters. The van der Waals surface area contributed by atoms with Gasteiger partial charge in [0.2, 0.25) is 0 Å². The van der Waals surface area contributed by atoms with E-state index in [2.05, 4.69) is 49.8 Å². The van der Waals surface area contributed by atoms with Gasteiger partial charge in [-0.05, 0) is 53.1 Å². The minimum absolute atomic E-state index is 0.649. The zero-order valence-corrected chi connectivity index (χ0v) is 17.6. The van der Waals surface area contributed by atoms with Crippen LogP contribution in [0.4, 0.5) is 0 Å². The number of benzene rings is 1. The summed E-state index contributed by atoms with van der Waals surface area (Å²) in [7, 11) is 3.48. The van der Waals surface area contributed by atoms with Gasteiger partial charge < -0.3 is 20.1 Å². The lowest BCUT2D eigenvalue weighted by atomic mass is 10.3. The van der Waals surface area contributed by atoms with Crippen LogP contribution in [-0.4, -0.2) is 58.8 Å². The third-order valence-corrected chi connectivity index (χ3v) is 5.48. The van der Waals surface area contributed by atoms with Crippen LogP contribution >= 0.6 is 27.7 Å². The van der Waals surface area contributed by atoms with Gasteiger partial charge in [0, 0.05) is 43.2 Å². The van der Waals surface area contributed by atoms with Gasteiger partial charge in [0.05, 0.1) is 13.2 Å². The van der Waals surface area contributed by atoms with E-state index >= 15 is 0 Å². The predicted octanol–water partition coefficient (Wildman–Crippen LogP) is 3.54. The molecule has 7 heteroatoms. The molecule has 0 aromatic heterocycles. The van der Waals surface area contributed by atoms with Gasteiger partial charge in [0.1, 0.15) is 0 Å². The Labute approximate surface area is 164 Å². The first-order valence-corrected chi connectivity index (χ1v) is 10.4. The van der Waals surface area contributed by atoms with Gasteiger partial charge in [-0.15, -0.1) is 11.8 Å². The Morgan fingerprint density at radius 3 is 2.56 bits per heavy atom. The first-order chi connectivity index (χ1) is 12.3. The lowest BCUT2D eigenvalue weighted by Gasteiger charge is -2.12. The zero-order chi connectivity index (χ0) is 18.2. The molecule has 1 aromatic rings. The van der Waals surface area contributed by atoms with E-state index in [-0.39, 0.29) is 0 Å². The summed E-state index contributed by atoms with van der Waals surface area (Å²) >= 11 is 5.48. The number of unbranched alkanes of at least 4 members (excludes halogenated alkanes) is 1. The van der Waals surface area contributed by atoms with Crippen molar-refractivity contribution in [3.05, 3.63) is 28.7 Å². The number of guanidine groups is 1. The summed E-state index contributed by atoms with van der Waals surface area (Å²) in [4.78, 5) is 5.54. The Bertz CT molecular complexity index is 489. The fourth-order valence-corrected chi connectivity index (χ4v) is 3.60. The van der Waals surface area contributed by atoms with E-state index in [9.17, 15) is 0 Å². The highest BCUT2D eigenvalue weighted by Crippen LogP contribution is 2.27. The van der Waals surface area contributed by atoms with Crippen LogP contribution in [0.2, 0.25) is 0 Å². The van der Waals surface area contributed by atoms with E-state index in [1.807, 2.05) is 17.8 Å². The summed E-state index contributed by atoms with van der Waals surface area (Å²) in [6, 6.07) is 8.36. The Hall–Kier alpha value is -0.760. The van der Waals surface area contributed by atoms with Crippen molar-refractivity contribution in [2.24, 2.45) is 4.99 Å². The maximum atomic E-state index is 5.43. The van der Waals surface area contributed by atoms with Crippen molar-refractivity contribution >= 4 is 33.7 Å². The maximum absolute atomic E-state index is 5.43. The molecule has 0 bridgehead atoms. The number of nitrogens with zero attached hydrogens (tertiary/aromatic N) is 1. The molecule has 0 saturated carbocycles. The zero-order valence-electron chi connectivity index (χ0n) is 15.2. The molecule has 0 unspecified atom stereocenters. The highest BCUT2D eigenvalue weighted by Gasteiger charge is 2.00. The van der Waals surface area contributed by atoms with Crippen LogP contribution in [0.1, 0.15) is 19.3 Å². The molecule has 1 rings (SSSR count). The van der Waals surface area contributed by atoms with Crippen LogP contribution in [0, 0.1) is 0 Å². The number of aliphatic imine (C=N–C) groups is 1. The fourth-order valence-electron chi connectivity index (χ4n) is 2.02. The van der Waals surface area contributed by atoms with Gasteiger partial charge in [0.15, 0.2) is 5.96 Å². The third-order valence-electron chi connectivity index (χ3n) is 3.37. The van der Waals surface area contributed by atoms with Crippen molar-refractivity contribution in [1.82, 2.24) is 10.6 Å². The lowest BCUT2D eigenvalue weighted by molar-refractivity contribution is 0.0698. The van der Waals surface area contributed by atoms with Crippen LogP contribution in [-0.2, 0) is 9.47 Å². The molecule has 2 N–H and O–H groups in total. The van der Waals surface area contributed by atoms with E-state index < -0.39 is 0 Å². The molecule has 0 saturated heterocycles. The van der Waals surface area contributed by atoms with Gasteiger partial charge in [0.25, 0.3) is 0 Å². The average molecular weight is 432 g/mol. The smallest absolute Gasteiger partial charge is 0.190 e. The van der Waals surface area contributed by atoms with E-state index in [1.165, 1.54) is 15.8 Å². The molecule has 0 aliphatic rings. The van der Waals surface area contributed by atoms with Gasteiger partial charge in [-0.3, -0.25) is 4.99 Å². The highest BCUT2D eigenvalue weighted by atomic mass is 79.9. The van der Waals surface area contributed by atoms with Crippen LogP contribution in [0.15, 0.2) is 38.6 Å². The SMILES string of the molecule is CN=C(NCCCCSc1ccccc1Br)NCCCOCCOC. The second-order valence-electron chi connectivity index (χ2n) is 5.37. The first-order valence-electron chi connectivity index (χ1n) is 8.66. The number of halogens is 1. The van der Waals surface area contributed by atoms with E-state index in [0.717, 1.165) is 44.3 Å². The fraction of sp³-hybridized carbons (Fsp3) is 0.611. The highest BCUT2D eigenvalue weighted by molar-refractivity contribution is 9.10. The number of nitrogens with one attached hydrogen (secondary N) is 2. The molecule has 142 valence electrons. The average Bonchev–Trinajstić information content (AvgIpc) is 2.63. The van der Waals surface area contributed by atoms with E-state index in [1.54, 1.807) is 14.2 Å². The van der Waals surface area contributed by atoms with Crippen LogP contribution in [0.3, 0.4) is 0 Å². The second kappa shape index (κ2) is 15.5. The first kappa shape index (κ1) is 22.3. The third kappa shape index (κ3) is 11.5. The molecule has 5 nitrogen and oxygen atoms in total. The van der Waals surface area contributed by atoms with Crippen LogP contribution < -0.4 is 10.6 Å². The summed E-state index contributed by atoms with van der Waals surface area (Å²) < 4.78 is 11.5. The van der Waals surface area contributed by atoms with Crippen LogP contribution in [0.5, 0.6) is 0 Å². The van der Waals surface area contributed by atoms with E-state index in [4.69, 9.17) is 9.47 Å². The van der Waals surface area contributed by atoms with Crippen molar-refractivity contribution in [1.29, 1.82) is 0 Å². The van der Waals surface area contributed by atoms with Gasteiger partial charge >= 0.3 is 0 Å². The Balaban J connectivity index is 1.99. The van der Waals surface area contributed by atoms with Crippen molar-refractivity contribution in [3.63, 3.8) is 0 Å². The summed E-state index contributed by atoms with van der Waals surface area (Å²) in [5.74, 6) is 1.98. The minimum atomic E-state index is 0.649. The van der Waals surface area contributed by atoms with E-state index in [0.29, 0.717) is 13.2 Å². The normalized spacial score (nSPS) is 11.6. The predicted molar refractivity (Wildman–Crippen MR) is 111 cm³/mol. The van der Waals surface area contributed by atoms with Gasteiger partial charge in [-0.2, -0.15) is 0 Å². The lowest BCUT2D eigenvalue weighted by Crippen LogP contribution is -2.38. The molecule has 0 aliphatic carbocycles. The number of methoxy groups -OCH3 is 1. The number of rotatable bonds is 13. The molecule has 0 amide bonds. The number of ether oxygens (including phenoxy) is 2. The summed E-state index contributed by atoms with van der Waals surface area (Å²) in [5, 5.41) is 6.65. The summed E-state index contributed by atoms with van der Waals surface area (Å²) in [6.45, 7) is 3.82. The summed E-state index contributed by atoms with van der Waals surface area (Å²) in [5.41, 5.74) is 0. The number of thioether (sulfide) groups is 1. The molecule has 0 aliphatic heterocycles. The second-order valence-corrected chi connectivity index (χ2v) is 7.36. The molecular weight excluding hydrogens is 402 g/mol. The van der Waals surface area contributed by atoms with Crippen molar-refractivity contribution in [3.8, 4) is 0 Å². The summed E-state index contributed by atoms with van der Waals surface area (Å²) in [6.07, 6.45) is 3.24. The Kier molecular flexibility index (Phi) is 13.8. The number of hydrogen-bond donors (Lipinski definition) is 2. The van der Waals surface area contributed by atoms with Crippen molar-refractivity contribution in [2.45, 2.75) is 24.2 Å². The Morgan fingerprint density at radius 2 is 1.84 bits per heavy atom. The molecule has 1 aromatic carbocycles. The monoisotopic (exact) mass is 431 g/mol. The minimum Gasteiger partial charge on any atom is -0.382 e.